The van der Waals surface area contributed by atoms with Gasteiger partial charge in [-0.25, -0.2) is 0 Å². The molecule has 0 aromatic heterocycles. The van der Waals surface area contributed by atoms with Crippen molar-refractivity contribution in [3.63, 3.8) is 0 Å². The van der Waals surface area contributed by atoms with E-state index in [1.165, 1.54) is 0 Å². The van der Waals surface area contributed by atoms with E-state index in [0.29, 0.717) is 22.6 Å². The third-order valence-electron chi connectivity index (χ3n) is 3.51. The SMILES string of the molecule is COc1ccc(P)c(OC)c1C(=O)c1c(C)cccc1C.[LiH]. The number of benzene rings is 2. The van der Waals surface area contributed by atoms with Crippen LogP contribution >= 0.6 is 9.24 Å². The summed E-state index contributed by atoms with van der Waals surface area (Å²) < 4.78 is 10.8. The van der Waals surface area contributed by atoms with Gasteiger partial charge in [0.15, 0.2) is 0 Å². The minimum atomic E-state index is -0.0800. The van der Waals surface area contributed by atoms with Crippen molar-refractivity contribution in [2.75, 3.05) is 14.2 Å². The molecule has 2 aromatic carbocycles. The molecule has 0 aliphatic carbocycles. The van der Waals surface area contributed by atoms with Gasteiger partial charge in [0.1, 0.15) is 17.1 Å². The molecule has 2 rings (SSSR count). The molecule has 0 N–H and O–H groups in total. The molecule has 1 atom stereocenters. The molecule has 22 heavy (non-hydrogen) atoms. The Labute approximate surface area is 145 Å². The first-order valence-corrected chi connectivity index (χ1v) is 7.20. The average Bonchev–Trinajstić information content (AvgIpc) is 2.46. The van der Waals surface area contributed by atoms with Gasteiger partial charge < -0.3 is 9.47 Å². The third-order valence-corrected chi connectivity index (χ3v) is 3.96. The Kier molecular flexibility index (Phi) is 6.69. The van der Waals surface area contributed by atoms with Crippen molar-refractivity contribution in [3.8, 4) is 11.5 Å². The summed E-state index contributed by atoms with van der Waals surface area (Å²) in [5, 5.41) is 0.827. The van der Waals surface area contributed by atoms with Crippen LogP contribution in [-0.4, -0.2) is 38.9 Å². The molecule has 3 nitrogen and oxygen atoms in total. The third kappa shape index (κ3) is 3.38. The van der Waals surface area contributed by atoms with E-state index in [0.717, 1.165) is 16.4 Å². The summed E-state index contributed by atoms with van der Waals surface area (Å²) in [6, 6.07) is 9.45. The van der Waals surface area contributed by atoms with Gasteiger partial charge in [0, 0.05) is 10.9 Å². The van der Waals surface area contributed by atoms with E-state index in [4.69, 9.17) is 9.47 Å². The Morgan fingerprint density at radius 1 is 0.955 bits per heavy atom. The van der Waals surface area contributed by atoms with Gasteiger partial charge in [-0.15, -0.1) is 9.24 Å². The summed E-state index contributed by atoms with van der Waals surface area (Å²) in [7, 11) is 5.70. The van der Waals surface area contributed by atoms with Crippen molar-refractivity contribution < 1.29 is 14.3 Å². The van der Waals surface area contributed by atoms with Crippen LogP contribution in [0.4, 0.5) is 0 Å². The summed E-state index contributed by atoms with van der Waals surface area (Å²) in [6.07, 6.45) is 0. The van der Waals surface area contributed by atoms with Gasteiger partial charge >= 0.3 is 18.9 Å². The zero-order valence-corrected chi connectivity index (χ0v) is 13.8. The van der Waals surface area contributed by atoms with Crippen LogP contribution in [0.1, 0.15) is 27.0 Å². The summed E-state index contributed by atoms with van der Waals surface area (Å²) >= 11 is 0. The predicted molar refractivity (Wildman–Crippen MR) is 95.4 cm³/mol. The van der Waals surface area contributed by atoms with Gasteiger partial charge in [-0.05, 0) is 37.1 Å². The topological polar surface area (TPSA) is 35.5 Å². The van der Waals surface area contributed by atoms with E-state index in [1.54, 1.807) is 20.3 Å². The van der Waals surface area contributed by atoms with Crippen molar-refractivity contribution in [3.05, 3.63) is 52.6 Å². The molecule has 0 aliphatic rings. The fourth-order valence-corrected chi connectivity index (χ4v) is 2.84. The quantitative estimate of drug-likeness (QED) is 0.494. The molecule has 0 fully saturated rings. The first kappa shape index (κ1) is 18.8. The molecule has 112 valence electrons. The summed E-state index contributed by atoms with van der Waals surface area (Å²) in [5.74, 6) is 0.973. The number of methoxy groups -OCH3 is 2. The number of carbonyl (C=O) groups is 1. The number of ketones is 1. The van der Waals surface area contributed by atoms with Crippen LogP contribution in [0.2, 0.25) is 0 Å². The van der Waals surface area contributed by atoms with Crippen molar-refractivity contribution in [1.82, 2.24) is 0 Å². The second-order valence-electron chi connectivity index (χ2n) is 4.86. The fraction of sp³-hybridized carbons (Fsp3) is 0.235. The molecule has 0 amide bonds. The number of aryl methyl sites for hydroxylation is 2. The minimum absolute atomic E-state index is 0. The maximum atomic E-state index is 13.0. The molecular weight excluding hydrogens is 290 g/mol. The molecule has 5 heteroatoms. The molecule has 0 spiro atoms. The van der Waals surface area contributed by atoms with Crippen LogP contribution < -0.4 is 14.8 Å². The molecule has 0 saturated carbocycles. The van der Waals surface area contributed by atoms with Crippen LogP contribution in [0, 0.1) is 13.8 Å². The predicted octanol–water partition coefficient (Wildman–Crippen LogP) is 2.40. The number of ether oxygens (including phenoxy) is 2. The summed E-state index contributed by atoms with van der Waals surface area (Å²) in [5.41, 5.74) is 3.05. The van der Waals surface area contributed by atoms with Gasteiger partial charge in [0.25, 0.3) is 0 Å². The fourth-order valence-electron chi connectivity index (χ4n) is 2.48. The molecule has 0 heterocycles. The van der Waals surface area contributed by atoms with Crippen molar-refractivity contribution in [1.29, 1.82) is 0 Å². The van der Waals surface area contributed by atoms with E-state index >= 15 is 0 Å². The number of hydrogen-bond donors (Lipinski definition) is 0. The normalized spacial score (nSPS) is 9.86. The molecule has 0 saturated heterocycles. The Hall–Kier alpha value is -1.26. The van der Waals surface area contributed by atoms with Crippen LogP contribution in [0.5, 0.6) is 11.5 Å². The first-order valence-electron chi connectivity index (χ1n) is 6.62. The van der Waals surface area contributed by atoms with E-state index in [9.17, 15) is 4.79 Å². The van der Waals surface area contributed by atoms with Gasteiger partial charge in [-0.1, -0.05) is 18.2 Å². The maximum absolute atomic E-state index is 13.0. The van der Waals surface area contributed by atoms with Gasteiger partial charge in [-0.3, -0.25) is 4.79 Å². The van der Waals surface area contributed by atoms with Crippen molar-refractivity contribution in [2.45, 2.75) is 13.8 Å². The Bertz CT molecular complexity index is 678. The number of hydrogen-bond acceptors (Lipinski definition) is 3. The standard InChI is InChI=1S/C17H19O3P.Li.H/c1-10-6-5-7-11(2)14(10)16(18)15-12(19-3)8-9-13(21)17(15)20-4;;/h5-9H,21H2,1-4H3;;. The van der Waals surface area contributed by atoms with Crippen LogP contribution in [0.15, 0.2) is 30.3 Å². The summed E-state index contributed by atoms with van der Waals surface area (Å²) in [4.78, 5) is 13.0. The zero-order chi connectivity index (χ0) is 15.6. The molecule has 0 aliphatic heterocycles. The molecular formula is C17H20LiO3P. The Morgan fingerprint density at radius 2 is 1.55 bits per heavy atom. The van der Waals surface area contributed by atoms with E-state index in [1.807, 2.05) is 38.1 Å². The number of carbonyl (C=O) groups excluding carboxylic acids is 1. The number of rotatable bonds is 4. The Morgan fingerprint density at radius 3 is 2.05 bits per heavy atom. The van der Waals surface area contributed by atoms with Crippen molar-refractivity contribution in [2.24, 2.45) is 0 Å². The zero-order valence-electron chi connectivity index (χ0n) is 12.7. The van der Waals surface area contributed by atoms with Crippen LogP contribution in [0.3, 0.4) is 0 Å². The molecule has 1 unspecified atom stereocenters. The van der Waals surface area contributed by atoms with Crippen molar-refractivity contribution >= 4 is 39.2 Å². The average molecular weight is 310 g/mol. The monoisotopic (exact) mass is 310 g/mol. The van der Waals surface area contributed by atoms with Crippen LogP contribution in [-0.2, 0) is 0 Å². The van der Waals surface area contributed by atoms with E-state index < -0.39 is 0 Å². The second-order valence-corrected chi connectivity index (χ2v) is 5.48. The molecule has 0 bridgehead atoms. The van der Waals surface area contributed by atoms with E-state index in [2.05, 4.69) is 9.24 Å². The molecule has 2 aromatic rings. The Balaban J connectivity index is 0.00000242. The van der Waals surface area contributed by atoms with Gasteiger partial charge in [-0.2, -0.15) is 0 Å². The van der Waals surface area contributed by atoms with E-state index in [-0.39, 0.29) is 24.6 Å². The summed E-state index contributed by atoms with van der Waals surface area (Å²) in [6.45, 7) is 3.87. The van der Waals surface area contributed by atoms with Gasteiger partial charge in [0.2, 0.25) is 5.78 Å². The van der Waals surface area contributed by atoms with Crippen LogP contribution in [0.25, 0.3) is 0 Å². The first-order chi connectivity index (χ1) is 10.0. The second kappa shape index (κ2) is 7.84. The molecule has 0 radical (unpaired) electrons. The van der Waals surface area contributed by atoms with Gasteiger partial charge in [0.05, 0.1) is 14.2 Å².